The number of hydrogen-bond donors (Lipinski definition) is 0. The van der Waals surface area contributed by atoms with Crippen LogP contribution in [0.2, 0.25) is 0 Å². The molecule has 0 N–H and O–H groups in total. The molecule has 1 saturated heterocycles. The monoisotopic (exact) mass is 487 g/mol. The molecule has 0 aromatic heterocycles. The van der Waals surface area contributed by atoms with Crippen molar-refractivity contribution < 1.29 is 4.74 Å². The van der Waals surface area contributed by atoms with Crippen molar-refractivity contribution in [3.8, 4) is 5.75 Å². The highest BCUT2D eigenvalue weighted by Gasteiger charge is 2.48. The van der Waals surface area contributed by atoms with Crippen molar-refractivity contribution in [2.24, 2.45) is 0 Å². The van der Waals surface area contributed by atoms with Gasteiger partial charge in [0.05, 0.1) is 6.61 Å². The Morgan fingerprint density at radius 3 is 1.88 bits per heavy atom. The molecule has 2 nitrogen and oxygen atoms in total. The maximum atomic E-state index is 6.26. The highest BCUT2D eigenvalue weighted by molar-refractivity contribution is 7.75. The van der Waals surface area contributed by atoms with Crippen molar-refractivity contribution >= 4 is 21.4 Å². The number of hydrogen-bond acceptors (Lipinski definition) is 2. The Morgan fingerprint density at radius 1 is 0.706 bits per heavy atom. The molecule has 0 amide bonds. The second-order valence-corrected chi connectivity index (χ2v) is 15.3. The van der Waals surface area contributed by atoms with E-state index < -0.39 is 8.07 Å². The summed E-state index contributed by atoms with van der Waals surface area (Å²) in [5.41, 5.74) is 4.96. The molecule has 1 saturated carbocycles. The third-order valence-electron chi connectivity index (χ3n) is 7.84. The Bertz CT molecular complexity index is 1040. The second-order valence-electron chi connectivity index (χ2n) is 10.0. The van der Waals surface area contributed by atoms with Crippen LogP contribution in [0.4, 0.5) is 0 Å². The van der Waals surface area contributed by atoms with Gasteiger partial charge < -0.3 is 4.74 Å². The van der Waals surface area contributed by atoms with Crippen LogP contribution in [0.3, 0.4) is 0 Å². The fourth-order valence-corrected chi connectivity index (χ4v) is 14.6. The van der Waals surface area contributed by atoms with Gasteiger partial charge in [-0.3, -0.25) is 4.44 Å². The Balaban J connectivity index is 1.50. The zero-order chi connectivity index (χ0) is 22.9. The molecule has 3 aliphatic rings. The van der Waals surface area contributed by atoms with Gasteiger partial charge in [-0.05, 0) is 57.0 Å². The summed E-state index contributed by atoms with van der Waals surface area (Å²) in [4.78, 5) is 0. The van der Waals surface area contributed by atoms with E-state index in [-0.39, 0.29) is 8.07 Å². The minimum Gasteiger partial charge on any atom is -0.492 e. The Kier molecular flexibility index (Phi) is 6.75. The van der Waals surface area contributed by atoms with E-state index in [1.165, 1.54) is 43.8 Å². The molecule has 6 rings (SSSR count). The number of benzene rings is 3. The average molecular weight is 488 g/mol. The predicted molar refractivity (Wildman–Crippen MR) is 147 cm³/mol. The van der Waals surface area contributed by atoms with Gasteiger partial charge in [0.2, 0.25) is 0 Å². The third-order valence-corrected chi connectivity index (χ3v) is 14.8. The lowest BCUT2D eigenvalue weighted by Gasteiger charge is -2.49. The molecule has 0 spiro atoms. The molecule has 2 fully saturated rings. The van der Waals surface area contributed by atoms with Crippen LogP contribution in [-0.2, 0) is 0 Å². The number of fused-ring (bicyclic) bond motifs is 1. The van der Waals surface area contributed by atoms with E-state index in [1.54, 1.807) is 11.1 Å². The molecule has 1 unspecified atom stereocenters. The van der Waals surface area contributed by atoms with E-state index in [0.717, 1.165) is 12.4 Å². The summed E-state index contributed by atoms with van der Waals surface area (Å²) in [6.45, 7) is 3.30. The van der Waals surface area contributed by atoms with Crippen molar-refractivity contribution in [1.29, 1.82) is 0 Å². The SMILES string of the molecule is C[C@H]1COc2ccccc2P1N(C1CCCC1)P1[C@H](c2ccccc2)CC[C@H]1c1ccccc1. The molecule has 0 radical (unpaired) electrons. The number of nitrogens with zero attached hydrogens (tertiary/aromatic N) is 1. The average Bonchev–Trinajstić information content (AvgIpc) is 3.58. The van der Waals surface area contributed by atoms with Gasteiger partial charge in [-0.15, -0.1) is 0 Å². The highest BCUT2D eigenvalue weighted by atomic mass is 31.2. The van der Waals surface area contributed by atoms with Crippen molar-refractivity contribution in [3.63, 3.8) is 0 Å². The number of rotatable bonds is 5. The predicted octanol–water partition coefficient (Wildman–Crippen LogP) is 8.41. The summed E-state index contributed by atoms with van der Waals surface area (Å²) in [5, 5.41) is 1.48. The van der Waals surface area contributed by atoms with Gasteiger partial charge in [-0.25, -0.2) is 0 Å². The normalized spacial score (nSPS) is 27.6. The van der Waals surface area contributed by atoms with Crippen LogP contribution in [0.25, 0.3) is 0 Å². The maximum Gasteiger partial charge on any atom is 0.128 e. The fourth-order valence-electron chi connectivity index (χ4n) is 6.28. The van der Waals surface area contributed by atoms with Gasteiger partial charge in [-0.2, -0.15) is 0 Å². The molecule has 4 heteroatoms. The van der Waals surface area contributed by atoms with E-state index in [9.17, 15) is 0 Å². The zero-order valence-corrected chi connectivity index (χ0v) is 21.9. The third kappa shape index (κ3) is 4.24. The van der Waals surface area contributed by atoms with Crippen molar-refractivity contribution in [2.45, 2.75) is 68.5 Å². The lowest BCUT2D eigenvalue weighted by molar-refractivity contribution is 0.314. The summed E-state index contributed by atoms with van der Waals surface area (Å²) >= 11 is 0. The molecule has 1 aliphatic carbocycles. The van der Waals surface area contributed by atoms with E-state index >= 15 is 0 Å². The number of ether oxygens (including phenoxy) is 1. The Morgan fingerprint density at radius 2 is 1.26 bits per heavy atom. The lowest BCUT2D eigenvalue weighted by Crippen LogP contribution is -2.37. The van der Waals surface area contributed by atoms with Crippen LogP contribution < -0.4 is 10.0 Å². The quantitative estimate of drug-likeness (QED) is 0.335. The van der Waals surface area contributed by atoms with Crippen LogP contribution in [0.15, 0.2) is 84.9 Å². The molecule has 176 valence electrons. The number of para-hydroxylation sites is 1. The van der Waals surface area contributed by atoms with Gasteiger partial charge in [0.25, 0.3) is 0 Å². The molecule has 4 atom stereocenters. The molecular formula is C30H35NOP2. The van der Waals surface area contributed by atoms with Crippen LogP contribution in [0.1, 0.15) is 67.9 Å². The van der Waals surface area contributed by atoms with Crippen LogP contribution in [0, 0.1) is 0 Å². The van der Waals surface area contributed by atoms with Gasteiger partial charge in [0.1, 0.15) is 5.75 Å². The van der Waals surface area contributed by atoms with Crippen LogP contribution >= 0.6 is 16.1 Å². The molecule has 34 heavy (non-hydrogen) atoms. The minimum absolute atomic E-state index is 0.366. The molecular weight excluding hydrogens is 452 g/mol. The Hall–Kier alpha value is -1.72. The minimum atomic E-state index is -0.431. The van der Waals surface area contributed by atoms with Crippen molar-refractivity contribution in [3.05, 3.63) is 96.1 Å². The maximum absolute atomic E-state index is 6.26. The van der Waals surface area contributed by atoms with E-state index in [1.807, 2.05) is 0 Å². The van der Waals surface area contributed by atoms with E-state index in [2.05, 4.69) is 96.3 Å². The summed E-state index contributed by atoms with van der Waals surface area (Å²) in [5.74, 6) is 1.14. The van der Waals surface area contributed by atoms with Crippen molar-refractivity contribution in [2.75, 3.05) is 6.61 Å². The smallest absolute Gasteiger partial charge is 0.128 e. The van der Waals surface area contributed by atoms with E-state index in [0.29, 0.717) is 23.0 Å². The zero-order valence-electron chi connectivity index (χ0n) is 20.1. The molecule has 3 aromatic carbocycles. The van der Waals surface area contributed by atoms with Gasteiger partial charge in [-0.1, -0.05) is 92.6 Å². The molecule has 2 aliphatic heterocycles. The second kappa shape index (κ2) is 10.1. The summed E-state index contributed by atoms with van der Waals surface area (Å²) in [7, 11) is -0.797. The first-order chi connectivity index (χ1) is 16.8. The van der Waals surface area contributed by atoms with Gasteiger partial charge in [0, 0.05) is 36.4 Å². The fraction of sp³-hybridized carbons (Fsp3) is 0.400. The topological polar surface area (TPSA) is 12.5 Å². The van der Waals surface area contributed by atoms with Gasteiger partial charge >= 0.3 is 0 Å². The standard InChI is InChI=1S/C30H35NOP2/c1-23-22-32-27-18-10-11-19-30(27)33(23)31(26-16-8-9-17-26)34-28(24-12-4-2-5-13-24)20-21-29(34)25-14-6-3-7-15-25/h2-7,10-15,18-19,23,26,28-29H,8-9,16-17,20-22H2,1H3/t23-,28-,29-,33?/m0/s1. The summed E-state index contributed by atoms with van der Waals surface area (Å²) in [6.07, 6.45) is 8.08. The summed E-state index contributed by atoms with van der Waals surface area (Å²) in [6, 6.07) is 32.6. The first-order valence-electron chi connectivity index (χ1n) is 13.0. The Labute approximate surface area is 207 Å². The molecule has 0 bridgehead atoms. The first-order valence-corrected chi connectivity index (χ1v) is 15.8. The molecule has 3 aromatic rings. The molecule has 2 heterocycles. The van der Waals surface area contributed by atoms with Crippen molar-refractivity contribution in [1.82, 2.24) is 4.44 Å². The largest absolute Gasteiger partial charge is 0.492 e. The summed E-state index contributed by atoms with van der Waals surface area (Å²) < 4.78 is 9.42. The first kappa shape index (κ1) is 22.7. The van der Waals surface area contributed by atoms with Crippen LogP contribution in [-0.4, -0.2) is 22.7 Å². The lowest BCUT2D eigenvalue weighted by atomic mass is 10.0. The van der Waals surface area contributed by atoms with E-state index in [4.69, 9.17) is 4.74 Å². The van der Waals surface area contributed by atoms with Crippen LogP contribution in [0.5, 0.6) is 5.75 Å². The van der Waals surface area contributed by atoms with Gasteiger partial charge in [0.15, 0.2) is 0 Å². The highest BCUT2D eigenvalue weighted by Crippen LogP contribution is 2.78.